The van der Waals surface area contributed by atoms with Crippen LogP contribution in [0.1, 0.15) is 5.56 Å². The molecule has 1 heterocycles. The van der Waals surface area contributed by atoms with Gasteiger partial charge in [0.05, 0.1) is 29.8 Å². The fraction of sp³-hybridized carbons (Fsp3) is 0.250. The first kappa shape index (κ1) is 20.6. The van der Waals surface area contributed by atoms with Gasteiger partial charge in [0.2, 0.25) is 5.91 Å². The number of nitrogens with zero attached hydrogens (tertiary/aromatic N) is 2. The molecule has 0 unspecified atom stereocenters. The summed E-state index contributed by atoms with van der Waals surface area (Å²) in [7, 11) is 1.58. The number of rotatable bonds is 8. The van der Waals surface area contributed by atoms with Gasteiger partial charge in [-0.15, -0.1) is 0 Å². The number of nitrogens with one attached hydrogen (secondary N) is 1. The number of fused-ring (bicyclic) bond motifs is 1. The summed E-state index contributed by atoms with van der Waals surface area (Å²) in [6.45, 7) is 1.23. The van der Waals surface area contributed by atoms with Crippen LogP contribution in [-0.4, -0.2) is 34.9 Å². The molecule has 2 aromatic carbocycles. The SMILES string of the molecule is COCCn1c(SCC(=O)NCc2ccccc2)nc2ccc(Br)cc2c1=O. The second kappa shape index (κ2) is 9.86. The molecule has 0 atom stereocenters. The maximum absolute atomic E-state index is 12.9. The number of ether oxygens (including phenoxy) is 1. The highest BCUT2D eigenvalue weighted by molar-refractivity contribution is 9.10. The maximum atomic E-state index is 12.9. The molecule has 0 radical (unpaired) electrons. The Balaban J connectivity index is 1.76. The van der Waals surface area contributed by atoms with Crippen molar-refractivity contribution in [1.29, 1.82) is 0 Å². The van der Waals surface area contributed by atoms with E-state index in [1.54, 1.807) is 23.8 Å². The van der Waals surface area contributed by atoms with Gasteiger partial charge in [-0.3, -0.25) is 14.2 Å². The molecule has 146 valence electrons. The van der Waals surface area contributed by atoms with Gasteiger partial charge in [-0.05, 0) is 23.8 Å². The molecule has 8 heteroatoms. The lowest BCUT2D eigenvalue weighted by Gasteiger charge is -2.13. The first-order chi connectivity index (χ1) is 13.6. The largest absolute Gasteiger partial charge is 0.383 e. The number of carbonyl (C=O) groups excluding carboxylic acids is 1. The molecule has 1 amide bonds. The third kappa shape index (κ3) is 5.21. The van der Waals surface area contributed by atoms with E-state index in [0.29, 0.717) is 35.8 Å². The van der Waals surface area contributed by atoms with E-state index in [9.17, 15) is 9.59 Å². The van der Waals surface area contributed by atoms with Crippen molar-refractivity contribution in [2.75, 3.05) is 19.5 Å². The van der Waals surface area contributed by atoms with Gasteiger partial charge in [-0.2, -0.15) is 0 Å². The minimum Gasteiger partial charge on any atom is -0.383 e. The number of benzene rings is 2. The lowest BCUT2D eigenvalue weighted by atomic mass is 10.2. The number of methoxy groups -OCH3 is 1. The highest BCUT2D eigenvalue weighted by Crippen LogP contribution is 2.20. The Bertz CT molecular complexity index is 1020. The van der Waals surface area contributed by atoms with Gasteiger partial charge in [0.25, 0.3) is 5.56 Å². The van der Waals surface area contributed by atoms with Crippen LogP contribution in [0, 0.1) is 0 Å². The Labute approximate surface area is 175 Å². The zero-order chi connectivity index (χ0) is 19.9. The summed E-state index contributed by atoms with van der Waals surface area (Å²) in [6, 6.07) is 15.1. The molecule has 0 saturated heterocycles. The van der Waals surface area contributed by atoms with Crippen molar-refractivity contribution in [3.05, 3.63) is 68.9 Å². The summed E-state index contributed by atoms with van der Waals surface area (Å²) >= 11 is 4.64. The predicted molar refractivity (Wildman–Crippen MR) is 115 cm³/mol. The van der Waals surface area contributed by atoms with Crippen molar-refractivity contribution in [1.82, 2.24) is 14.9 Å². The Kier molecular flexibility index (Phi) is 7.24. The monoisotopic (exact) mass is 461 g/mol. The smallest absolute Gasteiger partial charge is 0.262 e. The quantitative estimate of drug-likeness (QED) is 0.411. The predicted octanol–water partition coefficient (Wildman–Crippen LogP) is 3.21. The van der Waals surface area contributed by atoms with Crippen molar-refractivity contribution < 1.29 is 9.53 Å². The summed E-state index contributed by atoms with van der Waals surface area (Å²) in [4.78, 5) is 29.7. The Morgan fingerprint density at radius 3 is 2.79 bits per heavy atom. The average molecular weight is 462 g/mol. The van der Waals surface area contributed by atoms with Crippen molar-refractivity contribution in [3.63, 3.8) is 0 Å². The van der Waals surface area contributed by atoms with Crippen LogP contribution in [-0.2, 0) is 22.6 Å². The second-order valence-corrected chi connectivity index (χ2v) is 7.91. The normalized spacial score (nSPS) is 10.9. The van der Waals surface area contributed by atoms with Crippen LogP contribution < -0.4 is 10.9 Å². The Morgan fingerprint density at radius 1 is 1.25 bits per heavy atom. The Morgan fingerprint density at radius 2 is 2.04 bits per heavy atom. The van der Waals surface area contributed by atoms with Crippen LogP contribution in [0.15, 0.2) is 63.0 Å². The van der Waals surface area contributed by atoms with E-state index >= 15 is 0 Å². The molecule has 0 aliphatic carbocycles. The molecule has 0 bridgehead atoms. The molecule has 0 fully saturated rings. The number of halogens is 1. The molecule has 0 spiro atoms. The topological polar surface area (TPSA) is 73.2 Å². The molecule has 3 aromatic rings. The summed E-state index contributed by atoms with van der Waals surface area (Å²) in [5.41, 5.74) is 1.50. The third-order valence-corrected chi connectivity index (χ3v) is 5.53. The van der Waals surface area contributed by atoms with Crippen molar-refractivity contribution >= 4 is 44.5 Å². The van der Waals surface area contributed by atoms with Crippen LogP contribution in [0.2, 0.25) is 0 Å². The molecule has 1 aromatic heterocycles. The summed E-state index contributed by atoms with van der Waals surface area (Å²) in [5, 5.41) is 3.92. The fourth-order valence-corrected chi connectivity index (χ4v) is 3.86. The Hall–Kier alpha value is -2.16. The van der Waals surface area contributed by atoms with Crippen LogP contribution >= 0.6 is 27.7 Å². The maximum Gasteiger partial charge on any atom is 0.262 e. The van der Waals surface area contributed by atoms with Gasteiger partial charge in [0.1, 0.15) is 0 Å². The fourth-order valence-electron chi connectivity index (χ4n) is 2.64. The number of hydrogen-bond acceptors (Lipinski definition) is 5. The van der Waals surface area contributed by atoms with Gasteiger partial charge in [-0.1, -0.05) is 58.0 Å². The lowest BCUT2D eigenvalue weighted by Crippen LogP contribution is -2.27. The van der Waals surface area contributed by atoms with Gasteiger partial charge in [-0.25, -0.2) is 4.98 Å². The number of thioether (sulfide) groups is 1. The first-order valence-electron chi connectivity index (χ1n) is 8.71. The zero-order valence-corrected chi connectivity index (χ0v) is 17.8. The van der Waals surface area contributed by atoms with E-state index < -0.39 is 0 Å². The molecular weight excluding hydrogens is 442 g/mol. The first-order valence-corrected chi connectivity index (χ1v) is 10.5. The van der Waals surface area contributed by atoms with Crippen LogP contribution in [0.4, 0.5) is 0 Å². The van der Waals surface area contributed by atoms with Crippen molar-refractivity contribution in [2.24, 2.45) is 0 Å². The van der Waals surface area contributed by atoms with Crippen molar-refractivity contribution in [2.45, 2.75) is 18.2 Å². The number of hydrogen-bond donors (Lipinski definition) is 1. The van der Waals surface area contributed by atoms with Crippen LogP contribution in [0.5, 0.6) is 0 Å². The third-order valence-electron chi connectivity index (χ3n) is 4.07. The summed E-state index contributed by atoms with van der Waals surface area (Å²) in [6.07, 6.45) is 0. The molecule has 0 aliphatic heterocycles. The lowest BCUT2D eigenvalue weighted by molar-refractivity contribution is -0.118. The van der Waals surface area contributed by atoms with Crippen LogP contribution in [0.25, 0.3) is 10.9 Å². The minimum absolute atomic E-state index is 0.114. The van der Waals surface area contributed by atoms with E-state index in [4.69, 9.17) is 4.74 Å². The van der Waals surface area contributed by atoms with E-state index in [-0.39, 0.29) is 17.2 Å². The molecule has 0 saturated carbocycles. The van der Waals surface area contributed by atoms with E-state index in [0.717, 1.165) is 10.0 Å². The number of carbonyl (C=O) groups is 1. The average Bonchev–Trinajstić information content (AvgIpc) is 2.71. The zero-order valence-electron chi connectivity index (χ0n) is 15.4. The van der Waals surface area contributed by atoms with E-state index in [1.807, 2.05) is 36.4 Å². The van der Waals surface area contributed by atoms with Crippen molar-refractivity contribution in [3.8, 4) is 0 Å². The van der Waals surface area contributed by atoms with Gasteiger partial charge in [0.15, 0.2) is 5.16 Å². The van der Waals surface area contributed by atoms with E-state index in [1.165, 1.54) is 11.8 Å². The second-order valence-electron chi connectivity index (χ2n) is 6.06. The molecule has 0 aliphatic rings. The molecule has 28 heavy (non-hydrogen) atoms. The number of amides is 1. The van der Waals surface area contributed by atoms with Gasteiger partial charge >= 0.3 is 0 Å². The molecule has 6 nitrogen and oxygen atoms in total. The molecule has 1 N–H and O–H groups in total. The van der Waals surface area contributed by atoms with Gasteiger partial charge in [0, 0.05) is 18.1 Å². The van der Waals surface area contributed by atoms with E-state index in [2.05, 4.69) is 26.2 Å². The van der Waals surface area contributed by atoms with Gasteiger partial charge < -0.3 is 10.1 Å². The number of aromatic nitrogens is 2. The van der Waals surface area contributed by atoms with Crippen LogP contribution in [0.3, 0.4) is 0 Å². The molecular formula is C20H20BrN3O3S. The molecule has 3 rings (SSSR count). The highest BCUT2D eigenvalue weighted by Gasteiger charge is 2.13. The standard InChI is InChI=1S/C20H20BrN3O3S/c1-27-10-9-24-19(26)16-11-15(21)7-8-17(16)23-20(24)28-13-18(25)22-12-14-5-3-2-4-6-14/h2-8,11H,9-10,12-13H2,1H3,(H,22,25). The summed E-state index contributed by atoms with van der Waals surface area (Å²) < 4.78 is 7.50. The highest BCUT2D eigenvalue weighted by atomic mass is 79.9. The summed E-state index contributed by atoms with van der Waals surface area (Å²) in [5.74, 6) is 0.0613. The minimum atomic E-state index is -0.143.